The van der Waals surface area contributed by atoms with E-state index < -0.39 is 6.29 Å². The molecule has 0 aromatic carbocycles. The van der Waals surface area contributed by atoms with Gasteiger partial charge in [0.15, 0.2) is 12.6 Å². The minimum Gasteiger partial charge on any atom is -0.366 e. The number of aliphatic hydroxyl groups is 1. The van der Waals surface area contributed by atoms with Gasteiger partial charge in [-0.05, 0) is 0 Å². The van der Waals surface area contributed by atoms with Gasteiger partial charge in [-0.2, -0.15) is 0 Å². The van der Waals surface area contributed by atoms with Crippen LogP contribution in [0.3, 0.4) is 0 Å². The lowest BCUT2D eigenvalue weighted by molar-refractivity contribution is -0.318. The minimum atomic E-state index is -0.811. The van der Waals surface area contributed by atoms with Gasteiger partial charge in [0.1, 0.15) is 12.2 Å². The first-order valence-corrected chi connectivity index (χ1v) is 4.83. The van der Waals surface area contributed by atoms with E-state index in [9.17, 15) is 5.11 Å². The molecular formula is C9H14O4. The lowest BCUT2D eigenvalue weighted by atomic mass is 9.83. The minimum absolute atomic E-state index is 0.0228. The molecule has 0 aromatic rings. The van der Waals surface area contributed by atoms with Crippen LogP contribution < -0.4 is 0 Å². The van der Waals surface area contributed by atoms with Crippen molar-refractivity contribution in [3.05, 3.63) is 0 Å². The molecule has 3 aliphatic heterocycles. The molecule has 3 heterocycles. The first-order chi connectivity index (χ1) is 6.18. The van der Waals surface area contributed by atoms with Gasteiger partial charge in [-0.15, -0.1) is 0 Å². The molecule has 0 aliphatic carbocycles. The number of ether oxygens (including phenoxy) is 3. The maximum Gasteiger partial charge on any atom is 0.187 e. The molecular weight excluding hydrogens is 172 g/mol. The fraction of sp³-hybridized carbons (Fsp3) is 1.00. The number of rotatable bonds is 0. The Morgan fingerprint density at radius 2 is 1.54 bits per heavy atom. The summed E-state index contributed by atoms with van der Waals surface area (Å²) in [5.41, 5.74) is 0. The molecule has 13 heavy (non-hydrogen) atoms. The normalized spacial score (nSPS) is 64.4. The molecule has 4 heteroatoms. The fourth-order valence-corrected chi connectivity index (χ4v) is 2.73. The van der Waals surface area contributed by atoms with Crippen LogP contribution in [0.2, 0.25) is 0 Å². The summed E-state index contributed by atoms with van der Waals surface area (Å²) in [6, 6.07) is 0. The van der Waals surface area contributed by atoms with Gasteiger partial charge in [-0.3, -0.25) is 0 Å². The fourth-order valence-electron chi connectivity index (χ4n) is 2.73. The van der Waals surface area contributed by atoms with Gasteiger partial charge in [-0.1, -0.05) is 13.8 Å². The zero-order valence-electron chi connectivity index (χ0n) is 7.71. The van der Waals surface area contributed by atoms with E-state index in [0.29, 0.717) is 5.92 Å². The number of fused-ring (bicyclic) bond motifs is 2. The second-order valence-electron chi connectivity index (χ2n) is 4.28. The third-order valence-corrected chi connectivity index (χ3v) is 3.50. The molecule has 3 rings (SSSR count). The third-order valence-electron chi connectivity index (χ3n) is 3.50. The van der Waals surface area contributed by atoms with Gasteiger partial charge in [0.2, 0.25) is 0 Å². The van der Waals surface area contributed by atoms with Crippen molar-refractivity contribution < 1.29 is 19.3 Å². The Kier molecular flexibility index (Phi) is 1.54. The van der Waals surface area contributed by atoms with Crippen molar-refractivity contribution in [2.45, 2.75) is 44.7 Å². The first kappa shape index (κ1) is 8.17. The highest BCUT2D eigenvalue weighted by Gasteiger charge is 2.58. The van der Waals surface area contributed by atoms with E-state index >= 15 is 0 Å². The molecule has 74 valence electrons. The van der Waals surface area contributed by atoms with Crippen molar-refractivity contribution in [3.63, 3.8) is 0 Å². The summed E-state index contributed by atoms with van der Waals surface area (Å²) >= 11 is 0. The van der Waals surface area contributed by atoms with Crippen LogP contribution in [0.1, 0.15) is 13.8 Å². The average Bonchev–Trinajstić information content (AvgIpc) is 2.25. The van der Waals surface area contributed by atoms with E-state index in [1.54, 1.807) is 0 Å². The van der Waals surface area contributed by atoms with E-state index in [-0.39, 0.29) is 30.5 Å². The molecule has 0 radical (unpaired) electrons. The van der Waals surface area contributed by atoms with Gasteiger partial charge in [0, 0.05) is 11.8 Å². The second-order valence-corrected chi connectivity index (χ2v) is 4.28. The summed E-state index contributed by atoms with van der Waals surface area (Å²) < 4.78 is 16.7. The van der Waals surface area contributed by atoms with Crippen LogP contribution in [-0.2, 0) is 14.2 Å². The van der Waals surface area contributed by atoms with Gasteiger partial charge in [0.05, 0.1) is 6.10 Å². The summed E-state index contributed by atoms with van der Waals surface area (Å²) in [6.45, 7) is 4.16. The van der Waals surface area contributed by atoms with Crippen molar-refractivity contribution in [3.8, 4) is 0 Å². The summed E-state index contributed by atoms with van der Waals surface area (Å²) in [5.74, 6) is 0.595. The topological polar surface area (TPSA) is 47.9 Å². The molecule has 3 bridgehead atoms. The Labute approximate surface area is 76.8 Å². The molecule has 3 fully saturated rings. The van der Waals surface area contributed by atoms with Gasteiger partial charge in [0.25, 0.3) is 0 Å². The summed E-state index contributed by atoms with van der Waals surface area (Å²) in [7, 11) is 0. The van der Waals surface area contributed by atoms with E-state index in [0.717, 1.165) is 0 Å². The molecule has 0 unspecified atom stereocenters. The lowest BCUT2D eigenvalue weighted by Gasteiger charge is -2.42. The van der Waals surface area contributed by atoms with E-state index in [1.165, 1.54) is 0 Å². The Hall–Kier alpha value is -0.160. The molecule has 7 atom stereocenters. The summed E-state index contributed by atoms with van der Waals surface area (Å²) in [4.78, 5) is 0. The van der Waals surface area contributed by atoms with Gasteiger partial charge >= 0.3 is 0 Å². The zero-order valence-corrected chi connectivity index (χ0v) is 7.71. The standard InChI is InChI=1S/C9H14O4/c1-3-5-4(2)7-9(12-5)13-8(10)6(3)11-7/h3-10H,1-2H3/t3-,4+,5+,6+,7-,8+,9-/m1/s1. The maximum absolute atomic E-state index is 9.55. The van der Waals surface area contributed by atoms with Crippen LogP contribution in [0.25, 0.3) is 0 Å². The van der Waals surface area contributed by atoms with Crippen molar-refractivity contribution in [1.82, 2.24) is 0 Å². The van der Waals surface area contributed by atoms with Crippen LogP contribution in [0, 0.1) is 11.8 Å². The van der Waals surface area contributed by atoms with Crippen molar-refractivity contribution in [1.29, 1.82) is 0 Å². The highest BCUT2D eigenvalue weighted by Crippen LogP contribution is 2.46. The number of hydrogen-bond acceptors (Lipinski definition) is 4. The SMILES string of the molecule is C[C@@H]1[C@@H]2O[C@@H]3O[C@H](O)[C@H]1O[C@@H]3[C@H]2C. The molecule has 0 spiro atoms. The highest BCUT2D eigenvalue weighted by atomic mass is 16.8. The number of hydrogen-bond donors (Lipinski definition) is 1. The molecule has 3 aliphatic rings. The van der Waals surface area contributed by atoms with Gasteiger partial charge < -0.3 is 19.3 Å². The van der Waals surface area contributed by atoms with Crippen LogP contribution in [-0.4, -0.2) is 36.0 Å². The zero-order chi connectivity index (χ0) is 9.16. The van der Waals surface area contributed by atoms with Gasteiger partial charge in [-0.25, -0.2) is 0 Å². The lowest BCUT2D eigenvalue weighted by Crippen LogP contribution is -2.55. The Bertz CT molecular complexity index is 230. The molecule has 4 nitrogen and oxygen atoms in total. The van der Waals surface area contributed by atoms with Crippen LogP contribution in [0.15, 0.2) is 0 Å². The average molecular weight is 186 g/mol. The smallest absolute Gasteiger partial charge is 0.187 e. The van der Waals surface area contributed by atoms with E-state index in [4.69, 9.17) is 14.2 Å². The quantitative estimate of drug-likeness (QED) is 0.583. The van der Waals surface area contributed by atoms with E-state index in [1.807, 2.05) is 6.92 Å². The van der Waals surface area contributed by atoms with Crippen LogP contribution in [0.4, 0.5) is 0 Å². The molecule has 1 N–H and O–H groups in total. The predicted molar refractivity (Wildman–Crippen MR) is 42.7 cm³/mol. The summed E-state index contributed by atoms with van der Waals surface area (Å²) in [5, 5.41) is 9.55. The molecule has 3 saturated heterocycles. The predicted octanol–water partition coefficient (Wildman–Crippen LogP) is 0.0995. The Morgan fingerprint density at radius 3 is 2.31 bits per heavy atom. The largest absolute Gasteiger partial charge is 0.366 e. The third kappa shape index (κ3) is 0.892. The summed E-state index contributed by atoms with van der Waals surface area (Å²) in [6.07, 6.45) is -1.16. The van der Waals surface area contributed by atoms with Crippen molar-refractivity contribution in [2.75, 3.05) is 0 Å². The number of aliphatic hydroxyl groups excluding tert-OH is 1. The van der Waals surface area contributed by atoms with Crippen molar-refractivity contribution in [2.24, 2.45) is 11.8 Å². The molecule has 0 aromatic heterocycles. The van der Waals surface area contributed by atoms with Crippen LogP contribution in [0.5, 0.6) is 0 Å². The second kappa shape index (κ2) is 2.45. The Balaban J connectivity index is 1.97. The molecule has 0 amide bonds. The monoisotopic (exact) mass is 186 g/mol. The molecule has 0 saturated carbocycles. The maximum atomic E-state index is 9.55. The Morgan fingerprint density at radius 1 is 0.846 bits per heavy atom. The first-order valence-electron chi connectivity index (χ1n) is 4.83. The van der Waals surface area contributed by atoms with Crippen LogP contribution >= 0.6 is 0 Å². The highest BCUT2D eigenvalue weighted by molar-refractivity contribution is 4.99. The van der Waals surface area contributed by atoms with Crippen molar-refractivity contribution >= 4 is 0 Å². The van der Waals surface area contributed by atoms with E-state index in [2.05, 4.69) is 6.92 Å².